The number of nitrogens with one attached hydrogen (secondary N) is 2. The van der Waals surface area contributed by atoms with E-state index in [-0.39, 0.29) is 17.7 Å². The van der Waals surface area contributed by atoms with Crippen LogP contribution in [0.5, 0.6) is 0 Å². The molecule has 3 rings (SSSR count). The fourth-order valence-corrected chi connectivity index (χ4v) is 4.52. The molecule has 0 unspecified atom stereocenters. The number of aryl methyl sites for hydroxylation is 1. The first-order valence-corrected chi connectivity index (χ1v) is 11.6. The van der Waals surface area contributed by atoms with Gasteiger partial charge in [-0.15, -0.1) is 0 Å². The van der Waals surface area contributed by atoms with Crippen LogP contribution >= 0.6 is 24.0 Å². The van der Waals surface area contributed by atoms with Crippen LogP contribution in [0.3, 0.4) is 0 Å². The van der Waals surface area contributed by atoms with Gasteiger partial charge in [0.25, 0.3) is 11.8 Å². The molecule has 6 nitrogen and oxygen atoms in total. The van der Waals surface area contributed by atoms with Crippen molar-refractivity contribution in [3.63, 3.8) is 0 Å². The van der Waals surface area contributed by atoms with Crippen LogP contribution in [0, 0.1) is 6.92 Å². The Labute approximate surface area is 197 Å². The van der Waals surface area contributed by atoms with Crippen molar-refractivity contribution in [2.75, 3.05) is 6.54 Å². The fraction of sp³-hybridized carbons (Fsp3) is 0.250. The highest BCUT2D eigenvalue weighted by Crippen LogP contribution is 2.32. The van der Waals surface area contributed by atoms with E-state index in [1.807, 2.05) is 55.5 Å². The lowest BCUT2D eigenvalue weighted by Gasteiger charge is -2.14. The lowest BCUT2D eigenvalue weighted by atomic mass is 10.1. The van der Waals surface area contributed by atoms with Crippen molar-refractivity contribution in [3.05, 3.63) is 76.2 Å². The molecule has 0 bridgehead atoms. The summed E-state index contributed by atoms with van der Waals surface area (Å²) in [7, 11) is 0. The van der Waals surface area contributed by atoms with Crippen LogP contribution in [0.1, 0.15) is 47.2 Å². The van der Waals surface area contributed by atoms with E-state index in [9.17, 15) is 14.4 Å². The molecule has 2 aromatic rings. The number of rotatable bonds is 8. The standard InChI is InChI=1S/C24H25N3O3S2/c1-17-10-7-8-13-19(17)22(29)26-25-21(28)14-6-3-9-15-27-23(30)20(32-24(27)31)16-18-11-4-2-5-12-18/h2,4-5,7-8,10-13,16H,3,6,9,14-15H2,1H3,(H,25,28)(H,26,29). The number of hydrogen-bond acceptors (Lipinski definition) is 5. The van der Waals surface area contributed by atoms with Gasteiger partial charge < -0.3 is 0 Å². The average molecular weight is 468 g/mol. The molecule has 1 aliphatic rings. The molecule has 2 aromatic carbocycles. The topological polar surface area (TPSA) is 78.5 Å². The Morgan fingerprint density at radius 1 is 1.00 bits per heavy atom. The average Bonchev–Trinajstić information content (AvgIpc) is 3.05. The number of thioether (sulfide) groups is 1. The highest BCUT2D eigenvalue weighted by atomic mass is 32.2. The molecule has 0 atom stereocenters. The van der Waals surface area contributed by atoms with E-state index in [4.69, 9.17) is 12.2 Å². The molecule has 0 aromatic heterocycles. The lowest BCUT2D eigenvalue weighted by Crippen LogP contribution is -2.41. The van der Waals surface area contributed by atoms with E-state index in [1.165, 1.54) is 11.8 Å². The minimum absolute atomic E-state index is 0.0690. The Bertz CT molecular complexity index is 1040. The Morgan fingerprint density at radius 2 is 1.72 bits per heavy atom. The van der Waals surface area contributed by atoms with Crippen molar-refractivity contribution < 1.29 is 14.4 Å². The number of unbranched alkanes of at least 4 members (excludes halogenated alkanes) is 2. The van der Waals surface area contributed by atoms with Crippen molar-refractivity contribution in [2.45, 2.75) is 32.6 Å². The SMILES string of the molecule is Cc1ccccc1C(=O)NNC(=O)CCCCCN1C(=O)C(=Cc2ccccc2)SC1=S. The molecule has 0 spiro atoms. The van der Waals surface area contributed by atoms with Crippen LogP contribution in [0.4, 0.5) is 0 Å². The predicted octanol–water partition coefficient (Wildman–Crippen LogP) is 4.22. The maximum atomic E-state index is 12.6. The van der Waals surface area contributed by atoms with Gasteiger partial charge in [0.15, 0.2) is 0 Å². The molecule has 1 heterocycles. The number of hydrogen-bond donors (Lipinski definition) is 2. The van der Waals surface area contributed by atoms with Gasteiger partial charge >= 0.3 is 0 Å². The molecule has 166 valence electrons. The minimum Gasteiger partial charge on any atom is -0.293 e. The number of nitrogens with zero attached hydrogens (tertiary/aromatic N) is 1. The Balaban J connectivity index is 1.35. The fourth-order valence-electron chi connectivity index (χ4n) is 3.21. The van der Waals surface area contributed by atoms with Crippen LogP contribution in [0.15, 0.2) is 59.5 Å². The summed E-state index contributed by atoms with van der Waals surface area (Å²) in [6.07, 6.45) is 4.32. The smallest absolute Gasteiger partial charge is 0.269 e. The second-order valence-electron chi connectivity index (χ2n) is 7.37. The molecule has 8 heteroatoms. The molecule has 1 saturated heterocycles. The molecule has 3 amide bonds. The number of amides is 3. The van der Waals surface area contributed by atoms with Crippen LogP contribution < -0.4 is 10.9 Å². The van der Waals surface area contributed by atoms with Crippen LogP contribution in [0.25, 0.3) is 6.08 Å². The monoisotopic (exact) mass is 467 g/mol. The van der Waals surface area contributed by atoms with Crippen molar-refractivity contribution in [1.29, 1.82) is 0 Å². The highest BCUT2D eigenvalue weighted by Gasteiger charge is 2.31. The van der Waals surface area contributed by atoms with E-state index in [1.54, 1.807) is 17.0 Å². The first-order valence-electron chi connectivity index (χ1n) is 10.4. The van der Waals surface area contributed by atoms with Crippen molar-refractivity contribution in [3.8, 4) is 0 Å². The zero-order valence-corrected chi connectivity index (χ0v) is 19.4. The Morgan fingerprint density at radius 3 is 2.47 bits per heavy atom. The summed E-state index contributed by atoms with van der Waals surface area (Å²) in [5.74, 6) is -0.654. The number of carbonyl (C=O) groups excluding carboxylic acids is 3. The van der Waals surface area contributed by atoms with Crippen molar-refractivity contribution in [2.24, 2.45) is 0 Å². The van der Waals surface area contributed by atoms with Gasteiger partial charge in [-0.25, -0.2) is 0 Å². The second kappa shape index (κ2) is 11.6. The van der Waals surface area contributed by atoms with Crippen molar-refractivity contribution in [1.82, 2.24) is 15.8 Å². The predicted molar refractivity (Wildman–Crippen MR) is 132 cm³/mol. The van der Waals surface area contributed by atoms with Gasteiger partial charge in [0.2, 0.25) is 5.91 Å². The Hall–Kier alpha value is -2.97. The second-order valence-corrected chi connectivity index (χ2v) is 9.05. The zero-order chi connectivity index (χ0) is 22.9. The van der Waals surface area contributed by atoms with Gasteiger partial charge in [-0.2, -0.15) is 0 Å². The van der Waals surface area contributed by atoms with Crippen LogP contribution in [-0.2, 0) is 9.59 Å². The molecular formula is C24H25N3O3S2. The summed E-state index contributed by atoms with van der Waals surface area (Å²) in [5, 5.41) is 0. The molecule has 2 N–H and O–H groups in total. The molecule has 0 radical (unpaired) electrons. The maximum Gasteiger partial charge on any atom is 0.269 e. The Kier molecular flexibility index (Phi) is 8.58. The summed E-state index contributed by atoms with van der Waals surface area (Å²) >= 11 is 6.68. The third-order valence-corrected chi connectivity index (χ3v) is 6.34. The molecule has 1 fully saturated rings. The molecule has 32 heavy (non-hydrogen) atoms. The molecular weight excluding hydrogens is 442 g/mol. The number of thiocarbonyl (C=S) groups is 1. The quantitative estimate of drug-likeness (QED) is 0.263. The van der Waals surface area contributed by atoms with Gasteiger partial charge in [0.1, 0.15) is 4.32 Å². The highest BCUT2D eigenvalue weighted by molar-refractivity contribution is 8.26. The summed E-state index contributed by atoms with van der Waals surface area (Å²) in [5.41, 5.74) is 7.23. The van der Waals surface area contributed by atoms with Gasteiger partial charge in [-0.3, -0.25) is 30.1 Å². The molecule has 0 aliphatic carbocycles. The van der Waals surface area contributed by atoms with Crippen LogP contribution in [-0.4, -0.2) is 33.5 Å². The van der Waals surface area contributed by atoms with Gasteiger partial charge in [0, 0.05) is 18.5 Å². The van der Waals surface area contributed by atoms with E-state index >= 15 is 0 Å². The summed E-state index contributed by atoms with van der Waals surface area (Å²) < 4.78 is 0.564. The molecule has 0 saturated carbocycles. The van der Waals surface area contributed by atoms with Crippen molar-refractivity contribution >= 4 is 52.1 Å². The zero-order valence-electron chi connectivity index (χ0n) is 17.8. The van der Waals surface area contributed by atoms with Crippen LogP contribution in [0.2, 0.25) is 0 Å². The first kappa shape index (κ1) is 23.7. The van der Waals surface area contributed by atoms with E-state index in [0.29, 0.717) is 34.2 Å². The van der Waals surface area contributed by atoms with E-state index in [2.05, 4.69) is 10.9 Å². The normalized spacial score (nSPS) is 14.7. The third-order valence-electron chi connectivity index (χ3n) is 4.96. The number of carbonyl (C=O) groups is 3. The first-order chi connectivity index (χ1) is 15.5. The van der Waals surface area contributed by atoms with Gasteiger partial charge in [-0.1, -0.05) is 78.9 Å². The largest absolute Gasteiger partial charge is 0.293 e. The lowest BCUT2D eigenvalue weighted by molar-refractivity contribution is -0.123. The summed E-state index contributed by atoms with van der Waals surface area (Å²) in [4.78, 5) is 39.0. The maximum absolute atomic E-state index is 12.6. The third kappa shape index (κ3) is 6.51. The summed E-state index contributed by atoms with van der Waals surface area (Å²) in [6.45, 7) is 2.37. The van der Waals surface area contributed by atoms with Gasteiger partial charge in [0.05, 0.1) is 4.91 Å². The van der Waals surface area contributed by atoms with Gasteiger partial charge in [-0.05, 0) is 43.0 Å². The summed E-state index contributed by atoms with van der Waals surface area (Å²) in [6, 6.07) is 16.9. The minimum atomic E-state index is -0.339. The molecule has 1 aliphatic heterocycles. The van der Waals surface area contributed by atoms with E-state index in [0.717, 1.165) is 24.0 Å². The number of benzene rings is 2. The number of hydrazine groups is 1. The van der Waals surface area contributed by atoms with E-state index < -0.39 is 0 Å².